The lowest BCUT2D eigenvalue weighted by Crippen LogP contribution is -2.40. The van der Waals surface area contributed by atoms with Gasteiger partial charge in [-0.1, -0.05) is 37.1 Å². The number of para-hydroxylation sites is 2. The Morgan fingerprint density at radius 1 is 1.03 bits per heavy atom. The minimum absolute atomic E-state index is 0.0415. The molecular weight excluding hydrogens is 399 g/mol. The first-order chi connectivity index (χ1) is 14.3. The number of benzene rings is 2. The van der Waals surface area contributed by atoms with Crippen molar-refractivity contribution in [2.24, 2.45) is 0 Å². The molecule has 2 aromatic rings. The lowest BCUT2D eigenvalue weighted by atomic mass is 9.79. The maximum Gasteiger partial charge on any atom is 0.387 e. The number of hydrogen-bond acceptors (Lipinski definition) is 4. The maximum absolute atomic E-state index is 13.3. The van der Waals surface area contributed by atoms with Crippen molar-refractivity contribution < 1.29 is 32.2 Å². The molecule has 1 N–H and O–H groups in total. The minimum Gasteiger partial charge on any atom is -0.452 e. The van der Waals surface area contributed by atoms with E-state index in [0.29, 0.717) is 18.4 Å². The Labute approximate surface area is 172 Å². The molecule has 3 rings (SSSR count). The highest BCUT2D eigenvalue weighted by atomic mass is 19.3. The van der Waals surface area contributed by atoms with E-state index in [4.69, 9.17) is 4.74 Å². The Morgan fingerprint density at radius 2 is 1.67 bits per heavy atom. The van der Waals surface area contributed by atoms with Gasteiger partial charge in [-0.15, -0.1) is 0 Å². The van der Waals surface area contributed by atoms with Crippen LogP contribution in [0.3, 0.4) is 0 Å². The smallest absolute Gasteiger partial charge is 0.387 e. The van der Waals surface area contributed by atoms with E-state index in [-0.39, 0.29) is 11.4 Å². The fourth-order valence-corrected chi connectivity index (χ4v) is 3.69. The first-order valence-corrected chi connectivity index (χ1v) is 9.64. The van der Waals surface area contributed by atoms with Crippen LogP contribution in [0.15, 0.2) is 48.5 Å². The number of amides is 1. The topological polar surface area (TPSA) is 64.6 Å². The molecule has 5 nitrogen and oxygen atoms in total. The molecule has 0 saturated heterocycles. The van der Waals surface area contributed by atoms with Crippen molar-refractivity contribution in [3.05, 3.63) is 59.9 Å². The summed E-state index contributed by atoms with van der Waals surface area (Å²) in [5.41, 5.74) is -0.242. The summed E-state index contributed by atoms with van der Waals surface area (Å²) in [6.07, 6.45) is 1.53. The zero-order valence-corrected chi connectivity index (χ0v) is 16.4. The first kappa shape index (κ1) is 21.7. The molecule has 1 saturated carbocycles. The largest absolute Gasteiger partial charge is 0.452 e. The summed E-state index contributed by atoms with van der Waals surface area (Å²) in [6, 6.07) is 11.4. The van der Waals surface area contributed by atoms with Crippen LogP contribution in [0, 0.1) is 5.82 Å². The number of halogens is 3. The van der Waals surface area contributed by atoms with Crippen molar-refractivity contribution in [3.8, 4) is 5.75 Å². The highest BCUT2D eigenvalue weighted by molar-refractivity contribution is 5.97. The number of anilines is 1. The number of hydrogen-bond donors (Lipinski definition) is 1. The standard InChI is InChI=1S/C22H22F3NO4/c1-14(19(27)26-17-6-2-3-7-18(17)30-21(24)25)29-20(28)22(12-4-5-13-22)15-8-10-16(23)11-9-15/h2-3,6-11,14,21H,4-5,12-13H2,1H3,(H,26,27)/t14-/m0/s1. The van der Waals surface area contributed by atoms with Gasteiger partial charge in [-0.3, -0.25) is 9.59 Å². The Morgan fingerprint density at radius 3 is 2.30 bits per heavy atom. The maximum atomic E-state index is 13.3. The van der Waals surface area contributed by atoms with Crippen LogP contribution in [0.4, 0.5) is 18.9 Å². The fourth-order valence-electron chi connectivity index (χ4n) is 3.69. The summed E-state index contributed by atoms with van der Waals surface area (Å²) in [5, 5.41) is 2.45. The van der Waals surface area contributed by atoms with Crippen LogP contribution in [0.25, 0.3) is 0 Å². The van der Waals surface area contributed by atoms with Gasteiger partial charge in [0.2, 0.25) is 0 Å². The van der Waals surface area contributed by atoms with E-state index in [1.807, 2.05) is 0 Å². The van der Waals surface area contributed by atoms with Gasteiger partial charge in [0, 0.05) is 0 Å². The molecule has 30 heavy (non-hydrogen) atoms. The quantitative estimate of drug-likeness (QED) is 0.652. The third-order valence-electron chi connectivity index (χ3n) is 5.26. The van der Waals surface area contributed by atoms with Gasteiger partial charge in [-0.05, 0) is 49.6 Å². The zero-order valence-electron chi connectivity index (χ0n) is 16.4. The molecule has 0 unspecified atom stereocenters. The van der Waals surface area contributed by atoms with E-state index in [9.17, 15) is 22.8 Å². The fraction of sp³-hybridized carbons (Fsp3) is 0.364. The van der Waals surface area contributed by atoms with Crippen LogP contribution >= 0.6 is 0 Å². The summed E-state index contributed by atoms with van der Waals surface area (Å²) in [6.45, 7) is -1.65. The van der Waals surface area contributed by atoms with E-state index >= 15 is 0 Å². The van der Waals surface area contributed by atoms with Crippen LogP contribution in [-0.4, -0.2) is 24.6 Å². The molecule has 8 heteroatoms. The predicted octanol–water partition coefficient (Wildman–Crippen LogP) is 4.81. The summed E-state index contributed by atoms with van der Waals surface area (Å²) in [4.78, 5) is 25.5. The molecule has 1 atom stereocenters. The van der Waals surface area contributed by atoms with Crippen molar-refractivity contribution >= 4 is 17.6 Å². The Hall–Kier alpha value is -3.03. The van der Waals surface area contributed by atoms with E-state index < -0.39 is 35.8 Å². The average molecular weight is 421 g/mol. The number of ether oxygens (including phenoxy) is 2. The van der Waals surface area contributed by atoms with Gasteiger partial charge < -0.3 is 14.8 Å². The average Bonchev–Trinajstić information content (AvgIpc) is 3.20. The van der Waals surface area contributed by atoms with Crippen molar-refractivity contribution in [3.63, 3.8) is 0 Å². The van der Waals surface area contributed by atoms with E-state index in [0.717, 1.165) is 12.8 Å². The normalized spacial score (nSPS) is 16.2. The molecule has 1 amide bonds. The summed E-state index contributed by atoms with van der Waals surface area (Å²) < 4.78 is 48.2. The molecule has 1 fully saturated rings. The summed E-state index contributed by atoms with van der Waals surface area (Å²) >= 11 is 0. The van der Waals surface area contributed by atoms with Gasteiger partial charge in [0.1, 0.15) is 11.6 Å². The summed E-state index contributed by atoms with van der Waals surface area (Å²) in [5.74, 6) is -1.84. The molecule has 0 bridgehead atoms. The number of esters is 1. The Bertz CT molecular complexity index is 896. The number of carbonyl (C=O) groups excluding carboxylic acids is 2. The predicted molar refractivity (Wildman–Crippen MR) is 104 cm³/mol. The molecule has 160 valence electrons. The number of rotatable bonds is 7. The molecule has 0 spiro atoms. The molecule has 0 aliphatic heterocycles. The second-order valence-corrected chi connectivity index (χ2v) is 7.21. The molecule has 2 aromatic carbocycles. The van der Waals surface area contributed by atoms with Crippen molar-refractivity contribution in [1.82, 2.24) is 0 Å². The van der Waals surface area contributed by atoms with Gasteiger partial charge in [-0.25, -0.2) is 4.39 Å². The van der Waals surface area contributed by atoms with Gasteiger partial charge in [0.05, 0.1) is 11.1 Å². The van der Waals surface area contributed by atoms with Gasteiger partial charge >= 0.3 is 12.6 Å². The Balaban J connectivity index is 1.71. The SMILES string of the molecule is C[C@H](OC(=O)C1(c2ccc(F)cc2)CCCC1)C(=O)Nc1ccccc1OC(F)F. The van der Waals surface area contributed by atoms with Crippen molar-refractivity contribution in [2.75, 3.05) is 5.32 Å². The van der Waals surface area contributed by atoms with Gasteiger partial charge in [-0.2, -0.15) is 8.78 Å². The molecule has 1 aliphatic carbocycles. The number of alkyl halides is 2. The second-order valence-electron chi connectivity index (χ2n) is 7.21. The number of nitrogens with one attached hydrogen (secondary N) is 1. The zero-order chi connectivity index (χ0) is 21.7. The van der Waals surface area contributed by atoms with E-state index in [1.54, 1.807) is 18.2 Å². The molecule has 0 aromatic heterocycles. The lowest BCUT2D eigenvalue weighted by molar-refractivity contribution is -0.159. The van der Waals surface area contributed by atoms with E-state index in [1.165, 1.54) is 37.3 Å². The van der Waals surface area contributed by atoms with Crippen LogP contribution in [0.2, 0.25) is 0 Å². The van der Waals surface area contributed by atoms with Crippen LogP contribution < -0.4 is 10.1 Å². The van der Waals surface area contributed by atoms with Gasteiger partial charge in [0.25, 0.3) is 5.91 Å². The third-order valence-corrected chi connectivity index (χ3v) is 5.26. The highest BCUT2D eigenvalue weighted by Gasteiger charge is 2.45. The van der Waals surface area contributed by atoms with Gasteiger partial charge in [0.15, 0.2) is 6.10 Å². The van der Waals surface area contributed by atoms with Crippen LogP contribution in [-0.2, 0) is 19.7 Å². The monoisotopic (exact) mass is 421 g/mol. The lowest BCUT2D eigenvalue weighted by Gasteiger charge is -2.28. The number of carbonyl (C=O) groups is 2. The summed E-state index contributed by atoms with van der Waals surface area (Å²) in [7, 11) is 0. The third kappa shape index (κ3) is 4.75. The van der Waals surface area contributed by atoms with Crippen LogP contribution in [0.1, 0.15) is 38.2 Å². The van der Waals surface area contributed by atoms with E-state index in [2.05, 4.69) is 10.1 Å². The molecule has 0 heterocycles. The molecular formula is C22H22F3NO4. The first-order valence-electron chi connectivity index (χ1n) is 9.64. The van der Waals surface area contributed by atoms with Crippen LogP contribution in [0.5, 0.6) is 5.75 Å². The van der Waals surface area contributed by atoms with Crippen molar-refractivity contribution in [1.29, 1.82) is 0 Å². The minimum atomic E-state index is -3.05. The Kier molecular flexibility index (Phi) is 6.64. The highest BCUT2D eigenvalue weighted by Crippen LogP contribution is 2.42. The van der Waals surface area contributed by atoms with Crippen molar-refractivity contribution in [2.45, 2.75) is 50.7 Å². The molecule has 1 aliphatic rings. The molecule has 0 radical (unpaired) electrons. The second kappa shape index (κ2) is 9.19.